The van der Waals surface area contributed by atoms with Crippen molar-refractivity contribution in [1.29, 1.82) is 0 Å². The molecule has 0 radical (unpaired) electrons. The molecule has 0 heterocycles. The first-order valence-electron chi connectivity index (χ1n) is 6.59. The molecule has 0 aromatic heterocycles. The van der Waals surface area contributed by atoms with E-state index in [1.54, 1.807) is 6.07 Å². The Labute approximate surface area is 114 Å². The number of hydrogen-bond donors (Lipinski definition) is 1. The van der Waals surface area contributed by atoms with Gasteiger partial charge in [0.15, 0.2) is 11.6 Å². The molecule has 0 fully saturated rings. The second kappa shape index (κ2) is 6.87. The van der Waals surface area contributed by atoms with E-state index in [0.717, 1.165) is 5.56 Å². The number of hydrogen-bond acceptors (Lipinski definition) is 3. The van der Waals surface area contributed by atoms with Gasteiger partial charge in [-0.2, -0.15) is 0 Å². The van der Waals surface area contributed by atoms with E-state index < -0.39 is 0 Å². The maximum absolute atomic E-state index is 13.8. The zero-order chi connectivity index (χ0) is 14.5. The Hall–Kier alpha value is -1.13. The van der Waals surface area contributed by atoms with Gasteiger partial charge in [-0.1, -0.05) is 12.1 Å². The van der Waals surface area contributed by atoms with Gasteiger partial charge in [-0.15, -0.1) is 0 Å². The van der Waals surface area contributed by atoms with E-state index >= 15 is 0 Å². The van der Waals surface area contributed by atoms with Gasteiger partial charge >= 0.3 is 0 Å². The normalized spacial score (nSPS) is 13.4. The Kier molecular flexibility index (Phi) is 5.76. The molecule has 0 spiro atoms. The first-order valence-corrected chi connectivity index (χ1v) is 6.59. The average molecular weight is 269 g/mol. The predicted octanol–water partition coefficient (Wildman–Crippen LogP) is 2.91. The van der Waals surface area contributed by atoms with Gasteiger partial charge < -0.3 is 15.2 Å². The van der Waals surface area contributed by atoms with Gasteiger partial charge in [0.1, 0.15) is 6.61 Å². The molecule has 1 rings (SSSR count). The highest BCUT2D eigenvalue weighted by atomic mass is 19.1. The standard InChI is InChI=1S/C15H24FNO2/c1-11(17)10-12-6-5-7-13(16)14(12)18-8-9-19-15(2,3)4/h5-7,11H,8-10,17H2,1-4H3. The molecule has 1 aromatic carbocycles. The van der Waals surface area contributed by atoms with E-state index in [1.807, 2.05) is 33.8 Å². The Morgan fingerprint density at radius 3 is 2.53 bits per heavy atom. The highest BCUT2D eigenvalue weighted by Gasteiger charge is 2.13. The highest BCUT2D eigenvalue weighted by Crippen LogP contribution is 2.23. The molecule has 1 atom stereocenters. The van der Waals surface area contributed by atoms with E-state index in [0.29, 0.717) is 19.6 Å². The smallest absolute Gasteiger partial charge is 0.165 e. The van der Waals surface area contributed by atoms with Gasteiger partial charge in [0.25, 0.3) is 0 Å². The summed E-state index contributed by atoms with van der Waals surface area (Å²) >= 11 is 0. The molecule has 108 valence electrons. The van der Waals surface area contributed by atoms with Crippen molar-refractivity contribution in [2.24, 2.45) is 5.73 Å². The lowest BCUT2D eigenvalue weighted by atomic mass is 10.1. The van der Waals surface area contributed by atoms with Crippen LogP contribution in [0.1, 0.15) is 33.3 Å². The van der Waals surface area contributed by atoms with Crippen molar-refractivity contribution in [3.05, 3.63) is 29.6 Å². The van der Waals surface area contributed by atoms with Crippen LogP contribution in [-0.2, 0) is 11.2 Å². The molecular weight excluding hydrogens is 245 g/mol. The fourth-order valence-corrected chi connectivity index (χ4v) is 1.71. The van der Waals surface area contributed by atoms with Crippen LogP contribution in [0.3, 0.4) is 0 Å². The molecule has 0 aliphatic carbocycles. The summed E-state index contributed by atoms with van der Waals surface area (Å²) in [7, 11) is 0. The van der Waals surface area contributed by atoms with Gasteiger partial charge in [0, 0.05) is 6.04 Å². The maximum Gasteiger partial charge on any atom is 0.165 e. The lowest BCUT2D eigenvalue weighted by Gasteiger charge is -2.20. The maximum atomic E-state index is 13.8. The third-order valence-electron chi connectivity index (χ3n) is 2.46. The van der Waals surface area contributed by atoms with Gasteiger partial charge in [-0.05, 0) is 45.7 Å². The van der Waals surface area contributed by atoms with Gasteiger partial charge in [0.2, 0.25) is 0 Å². The Morgan fingerprint density at radius 1 is 1.26 bits per heavy atom. The van der Waals surface area contributed by atoms with E-state index in [9.17, 15) is 4.39 Å². The van der Waals surface area contributed by atoms with E-state index in [4.69, 9.17) is 15.2 Å². The van der Waals surface area contributed by atoms with E-state index in [-0.39, 0.29) is 23.2 Å². The van der Waals surface area contributed by atoms with Crippen molar-refractivity contribution in [1.82, 2.24) is 0 Å². The summed E-state index contributed by atoms with van der Waals surface area (Å²) in [5, 5.41) is 0. The fraction of sp³-hybridized carbons (Fsp3) is 0.600. The summed E-state index contributed by atoms with van der Waals surface area (Å²) < 4.78 is 24.8. The van der Waals surface area contributed by atoms with Crippen molar-refractivity contribution in [3.63, 3.8) is 0 Å². The molecule has 0 aliphatic heterocycles. The van der Waals surface area contributed by atoms with Crippen molar-refractivity contribution in [2.45, 2.75) is 45.8 Å². The second-order valence-electron chi connectivity index (χ2n) is 5.72. The SMILES string of the molecule is CC(N)Cc1cccc(F)c1OCCOC(C)(C)C. The molecule has 2 N–H and O–H groups in total. The molecule has 0 aliphatic rings. The van der Waals surface area contributed by atoms with Crippen LogP contribution in [0.5, 0.6) is 5.75 Å². The number of benzene rings is 1. The molecule has 3 nitrogen and oxygen atoms in total. The number of halogens is 1. The van der Waals surface area contributed by atoms with Crippen LogP contribution in [-0.4, -0.2) is 24.9 Å². The summed E-state index contributed by atoms with van der Waals surface area (Å²) in [4.78, 5) is 0. The molecule has 19 heavy (non-hydrogen) atoms. The number of para-hydroxylation sites is 1. The molecular formula is C15H24FNO2. The van der Waals surface area contributed by atoms with Crippen LogP contribution in [0, 0.1) is 5.82 Å². The van der Waals surface area contributed by atoms with Crippen molar-refractivity contribution in [2.75, 3.05) is 13.2 Å². The van der Waals surface area contributed by atoms with Crippen molar-refractivity contribution < 1.29 is 13.9 Å². The molecule has 0 amide bonds. The van der Waals surface area contributed by atoms with Gasteiger partial charge in [0.05, 0.1) is 12.2 Å². The second-order valence-corrected chi connectivity index (χ2v) is 5.72. The zero-order valence-corrected chi connectivity index (χ0v) is 12.2. The average Bonchev–Trinajstić information content (AvgIpc) is 2.25. The summed E-state index contributed by atoms with van der Waals surface area (Å²) in [5.74, 6) is -0.0637. The van der Waals surface area contributed by atoms with E-state index in [1.165, 1.54) is 6.07 Å². The lowest BCUT2D eigenvalue weighted by Crippen LogP contribution is -2.23. The molecule has 1 aromatic rings. The number of nitrogens with two attached hydrogens (primary N) is 1. The Bertz CT molecular complexity index is 400. The van der Waals surface area contributed by atoms with E-state index in [2.05, 4.69) is 0 Å². The van der Waals surface area contributed by atoms with Crippen LogP contribution in [0.15, 0.2) is 18.2 Å². The van der Waals surface area contributed by atoms with Gasteiger partial charge in [-0.3, -0.25) is 0 Å². The monoisotopic (exact) mass is 269 g/mol. The van der Waals surface area contributed by atoms with Crippen molar-refractivity contribution >= 4 is 0 Å². The minimum absolute atomic E-state index is 0.0324. The number of rotatable bonds is 6. The van der Waals surface area contributed by atoms with Crippen LogP contribution in [0.25, 0.3) is 0 Å². The molecule has 1 unspecified atom stereocenters. The van der Waals surface area contributed by atoms with Crippen LogP contribution in [0.4, 0.5) is 4.39 Å². The first-order chi connectivity index (χ1) is 8.79. The van der Waals surface area contributed by atoms with Crippen LogP contribution < -0.4 is 10.5 Å². The molecule has 0 saturated carbocycles. The topological polar surface area (TPSA) is 44.5 Å². The molecule has 4 heteroatoms. The highest BCUT2D eigenvalue weighted by molar-refractivity contribution is 5.35. The minimum atomic E-state index is -0.353. The summed E-state index contributed by atoms with van der Waals surface area (Å²) in [6.45, 7) is 8.55. The minimum Gasteiger partial charge on any atom is -0.488 e. The fourth-order valence-electron chi connectivity index (χ4n) is 1.71. The van der Waals surface area contributed by atoms with Crippen molar-refractivity contribution in [3.8, 4) is 5.75 Å². The predicted molar refractivity (Wildman–Crippen MR) is 75.0 cm³/mol. The third-order valence-corrected chi connectivity index (χ3v) is 2.46. The summed E-state index contributed by atoms with van der Waals surface area (Å²) in [6.07, 6.45) is 0.590. The largest absolute Gasteiger partial charge is 0.488 e. The third kappa shape index (κ3) is 6.03. The molecule has 0 saturated heterocycles. The van der Waals surface area contributed by atoms with Crippen LogP contribution in [0.2, 0.25) is 0 Å². The van der Waals surface area contributed by atoms with Gasteiger partial charge in [-0.25, -0.2) is 4.39 Å². The summed E-state index contributed by atoms with van der Waals surface area (Å²) in [6, 6.07) is 4.87. The summed E-state index contributed by atoms with van der Waals surface area (Å²) in [5.41, 5.74) is 6.33. The Balaban J connectivity index is 2.61. The molecule has 0 bridgehead atoms. The quantitative estimate of drug-likeness (QED) is 0.808. The zero-order valence-electron chi connectivity index (χ0n) is 12.2. The first kappa shape index (κ1) is 15.9. The lowest BCUT2D eigenvalue weighted by molar-refractivity contribution is -0.0167. The number of ether oxygens (including phenoxy) is 2. The van der Waals surface area contributed by atoms with Crippen LogP contribution >= 0.6 is 0 Å². The Morgan fingerprint density at radius 2 is 1.95 bits per heavy atom.